The lowest BCUT2D eigenvalue weighted by Crippen LogP contribution is -2.58. The topological polar surface area (TPSA) is 61.4 Å². The Bertz CT molecular complexity index is 502. The summed E-state index contributed by atoms with van der Waals surface area (Å²) < 4.78 is 37.2. The summed E-state index contributed by atoms with van der Waals surface area (Å²) >= 11 is 0. The first-order valence-electron chi connectivity index (χ1n) is 6.32. The summed E-state index contributed by atoms with van der Waals surface area (Å²) in [6.45, 7) is 6.37. The number of aliphatic hydroxyl groups is 1. The van der Waals surface area contributed by atoms with Crippen molar-refractivity contribution in [3.63, 3.8) is 0 Å². The van der Waals surface area contributed by atoms with E-state index in [-0.39, 0.29) is 5.69 Å². The van der Waals surface area contributed by atoms with Gasteiger partial charge in [0.05, 0.1) is 16.7 Å². The van der Waals surface area contributed by atoms with Crippen molar-refractivity contribution in [1.29, 1.82) is 0 Å². The van der Waals surface area contributed by atoms with Gasteiger partial charge in [-0.15, -0.1) is 0 Å². The molecule has 2 amide bonds. The molecule has 1 aromatic rings. The van der Waals surface area contributed by atoms with E-state index in [1.807, 2.05) is 0 Å². The lowest BCUT2D eigenvalue weighted by Gasteiger charge is -2.37. The van der Waals surface area contributed by atoms with Gasteiger partial charge in [-0.3, -0.25) is 0 Å². The van der Waals surface area contributed by atoms with Gasteiger partial charge in [0.15, 0.2) is 0 Å². The van der Waals surface area contributed by atoms with Gasteiger partial charge in [0.2, 0.25) is 0 Å². The highest BCUT2D eigenvalue weighted by atomic mass is 19.4. The third-order valence-corrected chi connectivity index (χ3v) is 3.43. The normalized spacial score (nSPS) is 13.0. The van der Waals surface area contributed by atoms with Gasteiger partial charge in [-0.2, -0.15) is 13.2 Å². The van der Waals surface area contributed by atoms with Crippen molar-refractivity contribution in [3.8, 4) is 0 Å². The van der Waals surface area contributed by atoms with E-state index >= 15 is 0 Å². The molecule has 1 rings (SSSR count). The average molecular weight is 304 g/mol. The van der Waals surface area contributed by atoms with E-state index in [0.29, 0.717) is 0 Å². The number of carbonyl (C=O) groups is 1. The van der Waals surface area contributed by atoms with E-state index < -0.39 is 28.9 Å². The van der Waals surface area contributed by atoms with Crippen molar-refractivity contribution < 1.29 is 23.1 Å². The molecule has 0 atom stereocenters. The molecule has 4 nitrogen and oxygen atoms in total. The van der Waals surface area contributed by atoms with Crippen LogP contribution in [-0.2, 0) is 6.18 Å². The van der Waals surface area contributed by atoms with E-state index in [1.54, 1.807) is 27.7 Å². The second-order valence-electron chi connectivity index (χ2n) is 5.84. The summed E-state index contributed by atoms with van der Waals surface area (Å²) in [5, 5.41) is 14.9. The number of carbonyl (C=O) groups excluding carboxylic acids is 1. The SMILES string of the molecule is CC(C)(O)C(C)(C)NC(=O)Nc1ccc(C(F)(F)F)cc1. The summed E-state index contributed by atoms with van der Waals surface area (Å²) in [7, 11) is 0. The average Bonchev–Trinajstić information content (AvgIpc) is 2.25. The van der Waals surface area contributed by atoms with Crippen molar-refractivity contribution in [2.75, 3.05) is 5.32 Å². The lowest BCUT2D eigenvalue weighted by molar-refractivity contribution is -0.137. The zero-order valence-corrected chi connectivity index (χ0v) is 12.3. The van der Waals surface area contributed by atoms with Gasteiger partial charge < -0.3 is 15.7 Å². The lowest BCUT2D eigenvalue weighted by atomic mass is 9.86. The molecule has 0 unspecified atom stereocenters. The zero-order chi connectivity index (χ0) is 16.5. The minimum absolute atomic E-state index is 0.229. The molecule has 0 aliphatic heterocycles. The molecule has 0 aliphatic carbocycles. The van der Waals surface area contributed by atoms with E-state index in [1.165, 1.54) is 12.1 Å². The first kappa shape index (κ1) is 17.3. The summed E-state index contributed by atoms with van der Waals surface area (Å²) in [5.74, 6) is 0. The van der Waals surface area contributed by atoms with Crippen molar-refractivity contribution in [3.05, 3.63) is 29.8 Å². The van der Waals surface area contributed by atoms with Crippen LogP contribution in [0.15, 0.2) is 24.3 Å². The first-order chi connectivity index (χ1) is 9.33. The maximum absolute atomic E-state index is 12.4. The fraction of sp³-hybridized carbons (Fsp3) is 0.500. The fourth-order valence-electron chi connectivity index (χ4n) is 1.34. The third-order valence-electron chi connectivity index (χ3n) is 3.43. The molecule has 1 aromatic carbocycles. The molecular formula is C14H19F3N2O2. The highest BCUT2D eigenvalue weighted by Crippen LogP contribution is 2.29. The van der Waals surface area contributed by atoms with Gasteiger partial charge in [0.25, 0.3) is 0 Å². The van der Waals surface area contributed by atoms with Crippen LogP contribution in [0.4, 0.5) is 23.7 Å². The number of benzene rings is 1. The second kappa shape index (κ2) is 5.55. The van der Waals surface area contributed by atoms with Crippen LogP contribution in [0.5, 0.6) is 0 Å². The van der Waals surface area contributed by atoms with E-state index in [0.717, 1.165) is 12.1 Å². The molecule has 3 N–H and O–H groups in total. The Kier molecular flexibility index (Phi) is 4.57. The Hall–Kier alpha value is -1.76. The number of amides is 2. The number of alkyl halides is 3. The molecule has 0 spiro atoms. The molecule has 0 aliphatic rings. The Morgan fingerprint density at radius 2 is 1.52 bits per heavy atom. The van der Waals surface area contributed by atoms with Crippen molar-refractivity contribution in [2.45, 2.75) is 45.0 Å². The molecular weight excluding hydrogens is 285 g/mol. The number of nitrogens with one attached hydrogen (secondary N) is 2. The number of urea groups is 1. The van der Waals surface area contributed by atoms with Crippen molar-refractivity contribution in [1.82, 2.24) is 5.32 Å². The van der Waals surface area contributed by atoms with Gasteiger partial charge >= 0.3 is 12.2 Å². The molecule has 21 heavy (non-hydrogen) atoms. The second-order valence-corrected chi connectivity index (χ2v) is 5.84. The minimum Gasteiger partial charge on any atom is -0.388 e. The van der Waals surface area contributed by atoms with Gasteiger partial charge in [-0.1, -0.05) is 0 Å². The van der Waals surface area contributed by atoms with Gasteiger partial charge in [-0.25, -0.2) is 4.79 Å². The van der Waals surface area contributed by atoms with E-state index in [4.69, 9.17) is 0 Å². The van der Waals surface area contributed by atoms with Crippen LogP contribution in [0.2, 0.25) is 0 Å². The monoisotopic (exact) mass is 304 g/mol. The van der Waals surface area contributed by atoms with E-state index in [2.05, 4.69) is 10.6 Å². The van der Waals surface area contributed by atoms with Crippen LogP contribution in [-0.4, -0.2) is 22.3 Å². The van der Waals surface area contributed by atoms with Gasteiger partial charge in [-0.05, 0) is 52.0 Å². The highest BCUT2D eigenvalue weighted by Gasteiger charge is 2.36. The van der Waals surface area contributed by atoms with Crippen LogP contribution < -0.4 is 10.6 Å². The zero-order valence-electron chi connectivity index (χ0n) is 12.3. The van der Waals surface area contributed by atoms with E-state index in [9.17, 15) is 23.1 Å². The Morgan fingerprint density at radius 3 is 1.90 bits per heavy atom. The molecule has 7 heteroatoms. The van der Waals surface area contributed by atoms with Crippen LogP contribution in [0.25, 0.3) is 0 Å². The molecule has 0 saturated heterocycles. The van der Waals surface area contributed by atoms with Gasteiger partial charge in [0, 0.05) is 5.69 Å². The molecule has 0 radical (unpaired) electrons. The Morgan fingerprint density at radius 1 is 1.05 bits per heavy atom. The minimum atomic E-state index is -4.41. The number of anilines is 1. The molecule has 0 saturated carbocycles. The maximum atomic E-state index is 12.4. The van der Waals surface area contributed by atoms with Crippen LogP contribution in [0, 0.1) is 0 Å². The predicted octanol–water partition coefficient (Wildman–Crippen LogP) is 3.38. The fourth-order valence-corrected chi connectivity index (χ4v) is 1.34. The molecule has 0 heterocycles. The standard InChI is InChI=1S/C14H19F3N2O2/c1-12(2,13(3,4)21)19-11(20)18-10-7-5-9(6-8-10)14(15,16)17/h5-8,21H,1-4H3,(H2,18,19,20). The molecule has 0 bridgehead atoms. The first-order valence-corrected chi connectivity index (χ1v) is 6.32. The smallest absolute Gasteiger partial charge is 0.388 e. The third kappa shape index (κ3) is 4.63. The van der Waals surface area contributed by atoms with Crippen molar-refractivity contribution >= 4 is 11.7 Å². The Balaban J connectivity index is 2.72. The van der Waals surface area contributed by atoms with Crippen LogP contribution >= 0.6 is 0 Å². The number of hydrogen-bond acceptors (Lipinski definition) is 2. The summed E-state index contributed by atoms with van der Waals surface area (Å²) in [6.07, 6.45) is -4.41. The molecule has 0 fully saturated rings. The molecule has 0 aromatic heterocycles. The predicted molar refractivity (Wildman–Crippen MR) is 74.0 cm³/mol. The number of rotatable bonds is 3. The summed E-state index contributed by atoms with van der Waals surface area (Å²) in [5.41, 5.74) is -2.63. The van der Waals surface area contributed by atoms with Crippen LogP contribution in [0.1, 0.15) is 33.3 Å². The summed E-state index contributed by atoms with van der Waals surface area (Å²) in [4.78, 5) is 11.8. The van der Waals surface area contributed by atoms with Crippen molar-refractivity contribution in [2.24, 2.45) is 0 Å². The van der Waals surface area contributed by atoms with Gasteiger partial charge in [0.1, 0.15) is 0 Å². The number of hydrogen-bond donors (Lipinski definition) is 3. The highest BCUT2D eigenvalue weighted by molar-refractivity contribution is 5.89. The Labute approximate surface area is 121 Å². The maximum Gasteiger partial charge on any atom is 0.416 e. The van der Waals surface area contributed by atoms with Crippen LogP contribution in [0.3, 0.4) is 0 Å². The quantitative estimate of drug-likeness (QED) is 0.801. The molecule has 118 valence electrons. The number of halogens is 3. The largest absolute Gasteiger partial charge is 0.416 e. The summed E-state index contributed by atoms with van der Waals surface area (Å²) in [6, 6.07) is 3.49.